The van der Waals surface area contributed by atoms with Crippen LogP contribution in [0.15, 0.2) is 68.1 Å². The van der Waals surface area contributed by atoms with E-state index >= 15 is 0 Å². The molecule has 1 saturated heterocycles. The van der Waals surface area contributed by atoms with Gasteiger partial charge in [0.1, 0.15) is 11.5 Å². The van der Waals surface area contributed by atoms with Gasteiger partial charge in [0, 0.05) is 16.1 Å². The number of ether oxygens (including phenoxy) is 3. The van der Waals surface area contributed by atoms with Crippen molar-refractivity contribution in [1.29, 1.82) is 0 Å². The molecule has 0 aliphatic carbocycles. The maximum atomic E-state index is 11.8. The molecule has 33 heavy (non-hydrogen) atoms. The number of carbonyl (C=O) groups is 3. The number of esters is 2. The van der Waals surface area contributed by atoms with Gasteiger partial charge < -0.3 is 14.2 Å². The number of nitrogens with zero attached hydrogens (tertiary/aromatic N) is 2. The lowest BCUT2D eigenvalue weighted by Gasteiger charge is -2.08. The van der Waals surface area contributed by atoms with E-state index in [2.05, 4.69) is 36.2 Å². The summed E-state index contributed by atoms with van der Waals surface area (Å²) in [6.07, 6.45) is 2.59. The van der Waals surface area contributed by atoms with Crippen LogP contribution in [0.4, 0.5) is 0 Å². The Kier molecular flexibility index (Phi) is 8.39. The minimum absolute atomic E-state index is 0.175. The van der Waals surface area contributed by atoms with Gasteiger partial charge in [-0.1, -0.05) is 0 Å². The van der Waals surface area contributed by atoms with E-state index in [1.807, 2.05) is 0 Å². The summed E-state index contributed by atoms with van der Waals surface area (Å²) in [6, 6.07) is 11.9. The van der Waals surface area contributed by atoms with Gasteiger partial charge >= 0.3 is 11.9 Å². The summed E-state index contributed by atoms with van der Waals surface area (Å²) in [5.41, 5.74) is 1.17. The van der Waals surface area contributed by atoms with Crippen LogP contribution < -0.4 is 10.1 Å². The molecular formula is C22H18BrN3O6S. The fourth-order valence-corrected chi connectivity index (χ4v) is 3.67. The van der Waals surface area contributed by atoms with Crippen molar-refractivity contribution in [3.63, 3.8) is 0 Å². The second-order valence-electron chi connectivity index (χ2n) is 6.27. The smallest absolute Gasteiger partial charge is 0.338 e. The van der Waals surface area contributed by atoms with Crippen molar-refractivity contribution in [2.45, 2.75) is 6.92 Å². The lowest BCUT2D eigenvalue weighted by atomic mass is 10.2. The van der Waals surface area contributed by atoms with Crippen molar-refractivity contribution in [2.24, 2.45) is 10.2 Å². The molecule has 170 valence electrons. The lowest BCUT2D eigenvalue weighted by Crippen LogP contribution is -2.19. The molecule has 0 bridgehead atoms. The molecule has 0 radical (unpaired) electrons. The molecule has 1 aliphatic rings. The Morgan fingerprint density at radius 3 is 2.55 bits per heavy atom. The number of thioether (sulfide) groups is 1. The number of benzene rings is 2. The quantitative estimate of drug-likeness (QED) is 0.248. The molecular weight excluding hydrogens is 514 g/mol. The van der Waals surface area contributed by atoms with Gasteiger partial charge in [-0.3, -0.25) is 10.1 Å². The molecule has 2 aromatic carbocycles. The van der Waals surface area contributed by atoms with E-state index in [9.17, 15) is 14.4 Å². The Balaban J connectivity index is 1.63. The highest BCUT2D eigenvalue weighted by atomic mass is 79.9. The zero-order valence-corrected chi connectivity index (χ0v) is 19.9. The molecule has 1 N–H and O–H groups in total. The fourth-order valence-electron chi connectivity index (χ4n) is 2.47. The van der Waals surface area contributed by atoms with Gasteiger partial charge in [0.05, 0.1) is 30.4 Å². The standard InChI is InChI=1S/C22H18BrN3O6S/c1-3-31-21(29)13-4-7-15(8-5-13)32-16-9-6-14(17(23)10-16)12-24-26-22-25-20(28)18(33-22)11-19(27)30-2/h4-12H,3H2,1-2H3,(H,25,26,28)/b18-11+,24-12?. The van der Waals surface area contributed by atoms with Gasteiger partial charge in [0.2, 0.25) is 0 Å². The highest BCUT2D eigenvalue weighted by Crippen LogP contribution is 2.27. The minimum Gasteiger partial charge on any atom is -0.466 e. The second kappa shape index (κ2) is 11.4. The molecule has 11 heteroatoms. The lowest BCUT2D eigenvalue weighted by molar-refractivity contribution is -0.135. The van der Waals surface area contributed by atoms with Crippen LogP contribution in [0.25, 0.3) is 0 Å². The van der Waals surface area contributed by atoms with Gasteiger partial charge in [-0.25, -0.2) is 9.59 Å². The van der Waals surface area contributed by atoms with Gasteiger partial charge in [0.25, 0.3) is 5.91 Å². The number of halogens is 1. The van der Waals surface area contributed by atoms with Crippen LogP contribution in [-0.4, -0.2) is 42.9 Å². The van der Waals surface area contributed by atoms with E-state index < -0.39 is 11.9 Å². The molecule has 1 fully saturated rings. The number of carbonyl (C=O) groups excluding carboxylic acids is 3. The SMILES string of the molecule is CCOC(=O)c1ccc(Oc2ccc(C=N/N=C3/NC(=O)/C(=C\C(=O)OC)S3)c(Br)c2)cc1. The number of amidine groups is 1. The Morgan fingerprint density at radius 1 is 1.15 bits per heavy atom. The van der Waals surface area contributed by atoms with Crippen LogP contribution in [0.2, 0.25) is 0 Å². The number of hydrogen-bond acceptors (Lipinski definition) is 9. The third-order valence-corrected chi connectivity index (χ3v) is 5.61. The summed E-state index contributed by atoms with van der Waals surface area (Å²) in [7, 11) is 1.23. The summed E-state index contributed by atoms with van der Waals surface area (Å²) in [4.78, 5) is 35.0. The number of nitrogens with one attached hydrogen (secondary N) is 1. The molecule has 9 nitrogen and oxygen atoms in total. The first-order valence-corrected chi connectivity index (χ1v) is 11.1. The van der Waals surface area contributed by atoms with Crippen LogP contribution >= 0.6 is 27.7 Å². The van der Waals surface area contributed by atoms with Gasteiger partial charge in [-0.2, -0.15) is 5.10 Å². The van der Waals surface area contributed by atoms with Gasteiger partial charge in [-0.15, -0.1) is 5.10 Å². The van der Waals surface area contributed by atoms with E-state index in [-0.39, 0.29) is 16.0 Å². The van der Waals surface area contributed by atoms with Gasteiger partial charge in [0.15, 0.2) is 5.17 Å². The van der Waals surface area contributed by atoms with Crippen LogP contribution in [0.5, 0.6) is 11.5 Å². The summed E-state index contributed by atoms with van der Waals surface area (Å²) in [5, 5.41) is 10.7. The van der Waals surface area contributed by atoms with Crippen LogP contribution in [0.3, 0.4) is 0 Å². The van der Waals surface area contributed by atoms with E-state index in [1.165, 1.54) is 13.3 Å². The molecule has 3 rings (SSSR count). The molecule has 0 unspecified atom stereocenters. The number of amides is 1. The molecule has 1 amide bonds. The van der Waals surface area contributed by atoms with Crippen molar-refractivity contribution in [3.8, 4) is 11.5 Å². The Morgan fingerprint density at radius 2 is 1.88 bits per heavy atom. The van der Waals surface area contributed by atoms with Crippen molar-refractivity contribution in [2.75, 3.05) is 13.7 Å². The summed E-state index contributed by atoms with van der Waals surface area (Å²) in [6.45, 7) is 2.06. The average molecular weight is 532 g/mol. The number of rotatable bonds is 7. The predicted molar refractivity (Wildman–Crippen MR) is 127 cm³/mol. The molecule has 1 aliphatic heterocycles. The van der Waals surface area contributed by atoms with E-state index in [4.69, 9.17) is 9.47 Å². The largest absolute Gasteiger partial charge is 0.466 e. The highest BCUT2D eigenvalue weighted by molar-refractivity contribution is 9.10. The number of hydrogen-bond donors (Lipinski definition) is 1. The predicted octanol–water partition coefficient (Wildman–Crippen LogP) is 4.03. The second-order valence-corrected chi connectivity index (χ2v) is 8.15. The van der Waals surface area contributed by atoms with Gasteiger partial charge in [-0.05, 0) is 77.1 Å². The van der Waals surface area contributed by atoms with Crippen LogP contribution in [-0.2, 0) is 19.1 Å². The monoisotopic (exact) mass is 531 g/mol. The molecule has 0 saturated carbocycles. The maximum absolute atomic E-state index is 11.8. The molecule has 0 aromatic heterocycles. The number of methoxy groups -OCH3 is 1. The normalized spacial score (nSPS) is 15.7. The minimum atomic E-state index is -0.626. The van der Waals surface area contributed by atoms with Crippen molar-refractivity contribution < 1.29 is 28.6 Å². The third kappa shape index (κ3) is 6.77. The average Bonchev–Trinajstić information content (AvgIpc) is 3.14. The third-order valence-electron chi connectivity index (χ3n) is 4.02. The highest BCUT2D eigenvalue weighted by Gasteiger charge is 2.25. The zero-order chi connectivity index (χ0) is 23.8. The first-order chi connectivity index (χ1) is 15.9. The van der Waals surface area contributed by atoms with Crippen molar-refractivity contribution in [1.82, 2.24) is 5.32 Å². The topological polar surface area (TPSA) is 116 Å². The maximum Gasteiger partial charge on any atom is 0.338 e. The fraction of sp³-hybridized carbons (Fsp3) is 0.136. The zero-order valence-electron chi connectivity index (χ0n) is 17.5. The molecule has 2 aromatic rings. The van der Waals surface area contributed by atoms with E-state index in [0.29, 0.717) is 28.1 Å². The first kappa shape index (κ1) is 24.2. The van der Waals surface area contributed by atoms with E-state index in [1.54, 1.807) is 49.4 Å². The Hall–Kier alpha value is -3.44. The van der Waals surface area contributed by atoms with Crippen molar-refractivity contribution in [3.05, 3.63) is 69.0 Å². The molecule has 0 atom stereocenters. The summed E-state index contributed by atoms with van der Waals surface area (Å²) < 4.78 is 16.0. The summed E-state index contributed by atoms with van der Waals surface area (Å²) in [5.74, 6) is -0.320. The van der Waals surface area contributed by atoms with Crippen molar-refractivity contribution >= 4 is 56.9 Å². The summed E-state index contributed by atoms with van der Waals surface area (Å²) >= 11 is 4.45. The van der Waals surface area contributed by atoms with Crippen LogP contribution in [0, 0.1) is 0 Å². The Bertz CT molecular complexity index is 1160. The van der Waals surface area contributed by atoms with Crippen LogP contribution in [0.1, 0.15) is 22.8 Å². The molecule has 0 spiro atoms. The van der Waals surface area contributed by atoms with E-state index in [0.717, 1.165) is 23.4 Å². The molecule has 1 heterocycles. The Labute approximate surface area is 202 Å². The first-order valence-electron chi connectivity index (χ1n) is 9.54.